The van der Waals surface area contributed by atoms with Gasteiger partial charge in [0.15, 0.2) is 0 Å². The van der Waals surface area contributed by atoms with Crippen LogP contribution in [0.4, 0.5) is 0 Å². The molecule has 1 aromatic heterocycles. The zero-order chi connectivity index (χ0) is 27.8. The Kier molecular flexibility index (Phi) is 9.57. The predicted octanol–water partition coefficient (Wildman–Crippen LogP) is 6.87. The Morgan fingerprint density at radius 1 is 1.15 bits per heavy atom. The molecule has 40 heavy (non-hydrogen) atoms. The summed E-state index contributed by atoms with van der Waals surface area (Å²) in [6, 6.07) is 24.6. The lowest BCUT2D eigenvalue weighted by molar-refractivity contribution is -0.312. The van der Waals surface area contributed by atoms with E-state index < -0.39 is 5.79 Å². The Hall–Kier alpha value is -3.13. The van der Waals surface area contributed by atoms with Crippen LogP contribution in [0.25, 0.3) is 6.08 Å². The molecule has 5 rings (SSSR count). The minimum Gasteiger partial charge on any atom is -0.491 e. The number of likely N-dealkylation sites (N-methyl/N-ethyl adjacent to an activating group) is 1. The lowest BCUT2D eigenvalue weighted by atomic mass is 10.0. The number of rotatable bonds is 11. The van der Waals surface area contributed by atoms with Crippen LogP contribution in [0, 0.1) is 6.07 Å². The molecule has 2 atom stereocenters. The lowest BCUT2D eigenvalue weighted by Crippen LogP contribution is -2.47. The first-order chi connectivity index (χ1) is 19.5. The molecule has 4 aromatic rings. The monoisotopic (exact) mass is 576 g/mol. The number of benzene rings is 3. The smallest absolute Gasteiger partial charge is 0.215 e. The van der Waals surface area contributed by atoms with E-state index in [0.29, 0.717) is 36.2 Å². The molecule has 1 aliphatic rings. The van der Waals surface area contributed by atoms with Crippen LogP contribution in [-0.2, 0) is 28.4 Å². The zero-order valence-corrected chi connectivity index (χ0v) is 23.9. The summed E-state index contributed by atoms with van der Waals surface area (Å²) < 4.78 is 20.9. The third-order valence-corrected chi connectivity index (χ3v) is 7.25. The summed E-state index contributed by atoms with van der Waals surface area (Å²) in [5, 5.41) is 1.04. The minimum atomic E-state index is -1.09. The van der Waals surface area contributed by atoms with Crippen molar-refractivity contribution in [2.24, 2.45) is 0 Å². The molecule has 1 saturated heterocycles. The van der Waals surface area contributed by atoms with Gasteiger partial charge in [0.1, 0.15) is 12.4 Å². The van der Waals surface area contributed by atoms with Crippen LogP contribution >= 0.6 is 23.2 Å². The number of hydrogen-bond acceptors (Lipinski definition) is 5. The van der Waals surface area contributed by atoms with Crippen molar-refractivity contribution in [1.82, 2.24) is 14.5 Å². The van der Waals surface area contributed by atoms with Gasteiger partial charge in [-0.15, -0.1) is 0 Å². The summed E-state index contributed by atoms with van der Waals surface area (Å²) in [4.78, 5) is 6.42. The molecule has 3 aromatic carbocycles. The molecule has 1 fully saturated rings. The first kappa shape index (κ1) is 28.4. The number of hydrogen-bond donors (Lipinski definition) is 0. The highest BCUT2D eigenvalue weighted by Gasteiger charge is 2.42. The summed E-state index contributed by atoms with van der Waals surface area (Å²) in [6.45, 7) is 2.99. The van der Waals surface area contributed by atoms with Crippen molar-refractivity contribution in [3.05, 3.63) is 124 Å². The number of aromatic nitrogens is 2. The van der Waals surface area contributed by atoms with E-state index in [2.05, 4.69) is 47.3 Å². The van der Waals surface area contributed by atoms with Crippen LogP contribution in [0.1, 0.15) is 23.1 Å². The van der Waals surface area contributed by atoms with Crippen molar-refractivity contribution < 1.29 is 14.2 Å². The fourth-order valence-electron chi connectivity index (χ4n) is 4.70. The van der Waals surface area contributed by atoms with Gasteiger partial charge >= 0.3 is 0 Å². The highest BCUT2D eigenvalue weighted by Crippen LogP contribution is 2.39. The van der Waals surface area contributed by atoms with Gasteiger partial charge in [-0.05, 0) is 48.5 Å². The van der Waals surface area contributed by atoms with E-state index in [1.165, 1.54) is 11.1 Å². The molecule has 0 bridgehead atoms. The Morgan fingerprint density at radius 2 is 1.98 bits per heavy atom. The Balaban J connectivity index is 1.18. The van der Waals surface area contributed by atoms with Gasteiger partial charge in [0.25, 0.3) is 0 Å². The largest absolute Gasteiger partial charge is 0.491 e. The third kappa shape index (κ3) is 7.53. The van der Waals surface area contributed by atoms with Crippen molar-refractivity contribution >= 4 is 29.3 Å². The third-order valence-electron chi connectivity index (χ3n) is 6.71. The second kappa shape index (κ2) is 13.5. The first-order valence-corrected chi connectivity index (χ1v) is 14.0. The van der Waals surface area contributed by atoms with Gasteiger partial charge in [0.2, 0.25) is 5.79 Å². The summed E-state index contributed by atoms with van der Waals surface area (Å²) in [5.74, 6) is -0.289. The second-order valence-corrected chi connectivity index (χ2v) is 10.7. The molecule has 6 nitrogen and oxygen atoms in total. The van der Waals surface area contributed by atoms with E-state index in [-0.39, 0.29) is 6.10 Å². The van der Waals surface area contributed by atoms with Gasteiger partial charge in [-0.1, -0.05) is 77.8 Å². The molecule has 1 radical (unpaired) electrons. The summed E-state index contributed by atoms with van der Waals surface area (Å²) >= 11 is 12.8. The van der Waals surface area contributed by atoms with E-state index in [9.17, 15) is 0 Å². The van der Waals surface area contributed by atoms with E-state index in [1.54, 1.807) is 24.7 Å². The number of imidazole rings is 1. The molecule has 8 heteroatoms. The topological polar surface area (TPSA) is 48.8 Å². The van der Waals surface area contributed by atoms with Crippen LogP contribution in [0.15, 0.2) is 91.5 Å². The van der Waals surface area contributed by atoms with Gasteiger partial charge in [-0.3, -0.25) is 4.90 Å². The van der Waals surface area contributed by atoms with E-state index in [0.717, 1.165) is 24.4 Å². The molecule has 0 N–H and O–H groups in total. The molecule has 2 heterocycles. The maximum atomic E-state index is 6.61. The molecule has 0 unspecified atom stereocenters. The first-order valence-electron chi connectivity index (χ1n) is 13.3. The second-order valence-electron chi connectivity index (χ2n) is 9.88. The van der Waals surface area contributed by atoms with Crippen molar-refractivity contribution in [1.29, 1.82) is 0 Å². The standard InChI is InChI=1S/C32H32Cl2N3O3/c1-36(17-5-8-25-6-3-2-4-7-25)21-26-9-12-28(13-10-26)38-22-29-15-19-39-32(40-29,23-37-18-16-35-24-37)30-14-11-27(33)20-31(30)34/h3-14,16,18,20,24,29H,15,17,19,21-23H2,1H3/b8-5+/t29-,32+/m0/s1. The summed E-state index contributed by atoms with van der Waals surface area (Å²) in [7, 11) is 2.11. The number of halogens is 2. The van der Waals surface area contributed by atoms with Crippen LogP contribution in [0.2, 0.25) is 10.0 Å². The minimum absolute atomic E-state index is 0.191. The maximum absolute atomic E-state index is 6.61. The maximum Gasteiger partial charge on any atom is 0.215 e. The van der Waals surface area contributed by atoms with Crippen molar-refractivity contribution in [3.8, 4) is 5.75 Å². The van der Waals surface area contributed by atoms with Crippen molar-refractivity contribution in [2.45, 2.75) is 31.4 Å². The highest BCUT2D eigenvalue weighted by molar-refractivity contribution is 6.35. The summed E-state index contributed by atoms with van der Waals surface area (Å²) in [6.07, 6.45) is 10.1. The van der Waals surface area contributed by atoms with Crippen molar-refractivity contribution in [3.63, 3.8) is 0 Å². The molecule has 1 aliphatic heterocycles. The molecule has 0 aliphatic carbocycles. The SMILES string of the molecule is CN(C/C=C/c1cc[c]cc1)Cc1ccc(OC[C@@H]2CCO[C@@](Cn3ccnc3)(c3ccc(Cl)cc3Cl)O2)cc1. The van der Waals surface area contributed by atoms with Gasteiger partial charge in [0.05, 0.1) is 30.6 Å². The average molecular weight is 578 g/mol. The van der Waals surface area contributed by atoms with Crippen LogP contribution in [0.3, 0.4) is 0 Å². The number of nitrogens with zero attached hydrogens (tertiary/aromatic N) is 3. The Morgan fingerprint density at radius 3 is 2.73 bits per heavy atom. The van der Waals surface area contributed by atoms with E-state index >= 15 is 0 Å². The van der Waals surface area contributed by atoms with Crippen molar-refractivity contribution in [2.75, 3.05) is 26.8 Å². The van der Waals surface area contributed by atoms with Crippen LogP contribution < -0.4 is 4.74 Å². The van der Waals surface area contributed by atoms with Crippen LogP contribution in [0.5, 0.6) is 5.75 Å². The average Bonchev–Trinajstić information content (AvgIpc) is 3.46. The Labute approximate surface area is 245 Å². The molecule has 0 spiro atoms. The quantitative estimate of drug-likeness (QED) is 0.195. The highest BCUT2D eigenvalue weighted by atomic mass is 35.5. The van der Waals surface area contributed by atoms with E-state index in [4.69, 9.17) is 37.4 Å². The molecular formula is C32H32Cl2N3O3. The fraction of sp³-hybridized carbons (Fsp3) is 0.281. The van der Waals surface area contributed by atoms with Gasteiger partial charge in [-0.25, -0.2) is 4.98 Å². The molecule has 207 valence electrons. The number of ether oxygens (including phenoxy) is 3. The predicted molar refractivity (Wildman–Crippen MR) is 158 cm³/mol. The molecule has 0 saturated carbocycles. The van der Waals surface area contributed by atoms with Gasteiger partial charge < -0.3 is 18.8 Å². The fourth-order valence-corrected chi connectivity index (χ4v) is 5.25. The lowest BCUT2D eigenvalue weighted by Gasteiger charge is -2.41. The van der Waals surface area contributed by atoms with E-state index in [1.807, 2.05) is 53.2 Å². The molecular weight excluding hydrogens is 545 g/mol. The Bertz CT molecular complexity index is 1380. The summed E-state index contributed by atoms with van der Waals surface area (Å²) in [5.41, 5.74) is 3.12. The molecule has 0 amide bonds. The zero-order valence-electron chi connectivity index (χ0n) is 22.4. The van der Waals surface area contributed by atoms with Gasteiger partial charge in [-0.2, -0.15) is 0 Å². The van der Waals surface area contributed by atoms with Gasteiger partial charge in [0, 0.05) is 42.5 Å². The normalized spacial score (nSPS) is 19.4. The van der Waals surface area contributed by atoms with Crippen LogP contribution in [-0.4, -0.2) is 47.4 Å².